The predicted octanol–water partition coefficient (Wildman–Crippen LogP) is 4.75. The van der Waals surface area contributed by atoms with E-state index in [9.17, 15) is 5.11 Å². The summed E-state index contributed by atoms with van der Waals surface area (Å²) in [7, 11) is 1.60. The zero-order valence-corrected chi connectivity index (χ0v) is 21.1. The molecule has 1 aromatic carbocycles. The third-order valence-corrected chi connectivity index (χ3v) is 8.13. The Labute approximate surface area is 211 Å². The van der Waals surface area contributed by atoms with Gasteiger partial charge in [-0.1, -0.05) is 6.07 Å². The molecule has 3 aromatic rings. The summed E-state index contributed by atoms with van der Waals surface area (Å²) >= 11 is 1.76. The van der Waals surface area contributed by atoms with Crippen molar-refractivity contribution in [3.05, 3.63) is 59.9 Å². The molecule has 1 aliphatic rings. The lowest BCUT2D eigenvalue weighted by Crippen LogP contribution is -2.42. The summed E-state index contributed by atoms with van der Waals surface area (Å²) in [6.07, 6.45) is 5.05. The zero-order valence-electron chi connectivity index (χ0n) is 20.3. The van der Waals surface area contributed by atoms with Gasteiger partial charge < -0.3 is 20.5 Å². The number of hydrogen-bond donors (Lipinski definition) is 2. The zero-order chi connectivity index (χ0) is 24.7. The second kappa shape index (κ2) is 12.1. The van der Waals surface area contributed by atoms with E-state index in [0.717, 1.165) is 59.7 Å². The molecular formula is C27H35FN4O2S. The second-order valence-corrected chi connectivity index (χ2v) is 10.4. The summed E-state index contributed by atoms with van der Waals surface area (Å²) in [4.78, 5) is 11.2. The Kier molecular flexibility index (Phi) is 8.94. The number of nitrogens with zero attached hydrogens (tertiary/aromatic N) is 3. The maximum absolute atomic E-state index is 15.8. The van der Waals surface area contributed by atoms with Crippen molar-refractivity contribution in [2.75, 3.05) is 39.1 Å². The molecule has 0 saturated carbocycles. The summed E-state index contributed by atoms with van der Waals surface area (Å²) in [5.41, 5.74) is 7.76. The van der Waals surface area contributed by atoms with E-state index in [1.165, 1.54) is 0 Å². The minimum absolute atomic E-state index is 0.0882. The molecule has 0 spiro atoms. The molecule has 0 radical (unpaired) electrons. The lowest BCUT2D eigenvalue weighted by atomic mass is 9.74. The van der Waals surface area contributed by atoms with Crippen LogP contribution in [-0.2, 0) is 6.54 Å². The molecule has 1 aliphatic heterocycles. The van der Waals surface area contributed by atoms with Crippen LogP contribution in [-0.4, -0.2) is 59.1 Å². The number of halogens is 1. The van der Waals surface area contributed by atoms with Crippen LogP contribution in [0.25, 0.3) is 10.9 Å². The topological polar surface area (TPSA) is 84.5 Å². The van der Waals surface area contributed by atoms with Crippen molar-refractivity contribution in [1.29, 1.82) is 0 Å². The first kappa shape index (κ1) is 25.8. The van der Waals surface area contributed by atoms with Crippen LogP contribution in [0.3, 0.4) is 0 Å². The average molecular weight is 499 g/mol. The molecule has 0 aliphatic carbocycles. The number of fused-ring (bicyclic) bond motifs is 1. The Balaban J connectivity index is 1.36. The number of nitrogens with two attached hydrogens (primary N) is 1. The van der Waals surface area contributed by atoms with Crippen LogP contribution in [0.5, 0.6) is 5.75 Å². The lowest BCUT2D eigenvalue weighted by Gasteiger charge is -2.41. The fourth-order valence-electron chi connectivity index (χ4n) is 4.92. The lowest BCUT2D eigenvalue weighted by molar-refractivity contribution is 0.0322. The number of benzene rings is 1. The first-order chi connectivity index (χ1) is 17.1. The molecule has 2 aromatic heterocycles. The number of hydrogen-bond acceptors (Lipinski definition) is 7. The highest BCUT2D eigenvalue weighted by molar-refractivity contribution is 7.99. The van der Waals surface area contributed by atoms with Gasteiger partial charge in [0, 0.05) is 48.8 Å². The smallest absolute Gasteiger partial charge is 0.126 e. The van der Waals surface area contributed by atoms with Crippen molar-refractivity contribution in [1.82, 2.24) is 14.9 Å². The van der Waals surface area contributed by atoms with E-state index in [1.807, 2.05) is 42.6 Å². The number of pyridine rings is 2. The van der Waals surface area contributed by atoms with Gasteiger partial charge in [-0.3, -0.25) is 4.98 Å². The first-order valence-electron chi connectivity index (χ1n) is 12.2. The molecule has 1 fully saturated rings. The number of piperidine rings is 1. The molecule has 8 heteroatoms. The molecule has 1 atom stereocenters. The minimum Gasteiger partial charge on any atom is -0.497 e. The van der Waals surface area contributed by atoms with Crippen molar-refractivity contribution < 1.29 is 14.2 Å². The molecule has 4 rings (SSSR count). The molecule has 3 heterocycles. The number of likely N-dealkylation sites (tertiary alicyclic amines) is 1. The highest BCUT2D eigenvalue weighted by Crippen LogP contribution is 2.41. The third-order valence-electron chi connectivity index (χ3n) is 7.21. The number of aromatic nitrogens is 2. The van der Waals surface area contributed by atoms with Gasteiger partial charge in [-0.15, -0.1) is 11.8 Å². The number of thioether (sulfide) groups is 1. The molecule has 0 bridgehead atoms. The summed E-state index contributed by atoms with van der Waals surface area (Å²) in [6.45, 7) is 3.14. The van der Waals surface area contributed by atoms with Crippen LogP contribution < -0.4 is 10.5 Å². The molecule has 0 amide bonds. The van der Waals surface area contributed by atoms with Gasteiger partial charge in [-0.25, -0.2) is 9.37 Å². The van der Waals surface area contributed by atoms with Gasteiger partial charge in [0.1, 0.15) is 11.9 Å². The molecule has 1 saturated heterocycles. The van der Waals surface area contributed by atoms with Crippen molar-refractivity contribution in [2.24, 2.45) is 11.1 Å². The maximum Gasteiger partial charge on any atom is 0.126 e. The fraction of sp³-hybridized carbons (Fsp3) is 0.481. The molecule has 6 nitrogen and oxygen atoms in total. The summed E-state index contributed by atoms with van der Waals surface area (Å²) in [5, 5.41) is 12.1. The quantitative estimate of drug-likeness (QED) is 0.369. The number of alkyl halides is 1. The Morgan fingerprint density at radius 1 is 1.23 bits per heavy atom. The second-order valence-electron chi connectivity index (χ2n) is 9.31. The van der Waals surface area contributed by atoms with Crippen LogP contribution >= 0.6 is 11.8 Å². The standard InChI is InChI=1S/C27H35FN4O2S/c1-34-21-5-6-24-22(16-21)26(20(17-29)18-31-24)23(28)7-8-27(19-33)9-12-32(13-10-27)14-15-35-25-4-2-3-11-30-25/h2-6,11,16,18,23,33H,7-10,12-15,17,19,29H2,1H3. The molecule has 35 heavy (non-hydrogen) atoms. The highest BCUT2D eigenvalue weighted by Gasteiger charge is 2.35. The number of ether oxygens (including phenoxy) is 1. The van der Waals surface area contributed by atoms with E-state index in [4.69, 9.17) is 10.5 Å². The molecule has 3 N–H and O–H groups in total. The normalized spacial score (nSPS) is 16.9. The van der Waals surface area contributed by atoms with Crippen molar-refractivity contribution in [3.63, 3.8) is 0 Å². The fourth-order valence-corrected chi connectivity index (χ4v) is 5.79. The van der Waals surface area contributed by atoms with E-state index in [1.54, 1.807) is 25.1 Å². The van der Waals surface area contributed by atoms with Crippen LogP contribution in [0.15, 0.2) is 53.8 Å². The molecular weight excluding hydrogens is 463 g/mol. The van der Waals surface area contributed by atoms with Crippen LogP contribution in [0.4, 0.5) is 4.39 Å². The van der Waals surface area contributed by atoms with E-state index in [-0.39, 0.29) is 18.6 Å². The minimum atomic E-state index is -1.18. The third kappa shape index (κ3) is 6.30. The summed E-state index contributed by atoms with van der Waals surface area (Å²) in [6, 6.07) is 11.5. The van der Waals surface area contributed by atoms with Gasteiger partial charge in [0.2, 0.25) is 0 Å². The largest absolute Gasteiger partial charge is 0.497 e. The van der Waals surface area contributed by atoms with Gasteiger partial charge >= 0.3 is 0 Å². The first-order valence-corrected chi connectivity index (χ1v) is 13.2. The predicted molar refractivity (Wildman–Crippen MR) is 139 cm³/mol. The van der Waals surface area contributed by atoms with Crippen LogP contribution in [0, 0.1) is 5.41 Å². The summed E-state index contributed by atoms with van der Waals surface area (Å²) in [5.74, 6) is 1.65. The van der Waals surface area contributed by atoms with Gasteiger partial charge in [0.25, 0.3) is 0 Å². The van der Waals surface area contributed by atoms with Gasteiger partial charge in [0.15, 0.2) is 0 Å². The maximum atomic E-state index is 15.8. The van der Waals surface area contributed by atoms with Crippen molar-refractivity contribution in [2.45, 2.75) is 43.4 Å². The average Bonchev–Trinajstić information content (AvgIpc) is 2.92. The Bertz CT molecular complexity index is 1090. The Morgan fingerprint density at radius 3 is 2.74 bits per heavy atom. The Hall–Kier alpha value is -2.26. The van der Waals surface area contributed by atoms with Gasteiger partial charge in [-0.2, -0.15) is 0 Å². The van der Waals surface area contributed by atoms with Crippen LogP contribution in [0.2, 0.25) is 0 Å². The summed E-state index contributed by atoms with van der Waals surface area (Å²) < 4.78 is 21.1. The highest BCUT2D eigenvalue weighted by atomic mass is 32.2. The number of rotatable bonds is 11. The number of aliphatic hydroxyl groups is 1. The van der Waals surface area contributed by atoms with E-state index < -0.39 is 6.17 Å². The number of methoxy groups -OCH3 is 1. The number of aliphatic hydroxyl groups excluding tert-OH is 1. The Morgan fingerprint density at radius 2 is 2.06 bits per heavy atom. The van der Waals surface area contributed by atoms with E-state index >= 15 is 4.39 Å². The van der Waals surface area contributed by atoms with Crippen molar-refractivity contribution in [3.8, 4) is 5.75 Å². The van der Waals surface area contributed by atoms with Gasteiger partial charge in [0.05, 0.1) is 17.7 Å². The molecule has 188 valence electrons. The van der Waals surface area contributed by atoms with E-state index in [0.29, 0.717) is 24.2 Å². The van der Waals surface area contributed by atoms with Crippen molar-refractivity contribution >= 4 is 22.7 Å². The van der Waals surface area contributed by atoms with Gasteiger partial charge in [-0.05, 0) is 80.1 Å². The van der Waals surface area contributed by atoms with E-state index in [2.05, 4.69) is 14.9 Å². The van der Waals surface area contributed by atoms with Crippen LogP contribution in [0.1, 0.15) is 43.0 Å². The SMILES string of the molecule is COc1ccc2ncc(CN)c(C(F)CCC3(CO)CCN(CCSc4ccccn4)CC3)c2c1. The monoisotopic (exact) mass is 498 g/mol. The molecule has 1 unspecified atom stereocenters.